The second-order valence-electron chi connectivity index (χ2n) is 4.93. The summed E-state index contributed by atoms with van der Waals surface area (Å²) in [6.45, 7) is 2.26. The lowest BCUT2D eigenvalue weighted by atomic mass is 10.1. The molecule has 0 bridgehead atoms. The van der Waals surface area contributed by atoms with Crippen LogP contribution in [0.5, 0.6) is 0 Å². The van der Waals surface area contributed by atoms with E-state index in [-0.39, 0.29) is 17.5 Å². The third kappa shape index (κ3) is 2.96. The van der Waals surface area contributed by atoms with Gasteiger partial charge in [-0.25, -0.2) is 8.78 Å². The van der Waals surface area contributed by atoms with E-state index in [1.165, 1.54) is 12.1 Å². The summed E-state index contributed by atoms with van der Waals surface area (Å²) in [4.78, 5) is 1.89. The first-order valence-electron chi connectivity index (χ1n) is 6.48. The Morgan fingerprint density at radius 1 is 1.10 bits per heavy atom. The van der Waals surface area contributed by atoms with Gasteiger partial charge >= 0.3 is 0 Å². The van der Waals surface area contributed by atoms with Crippen molar-refractivity contribution in [3.8, 4) is 0 Å². The zero-order valence-corrected chi connectivity index (χ0v) is 11.6. The highest BCUT2D eigenvalue weighted by molar-refractivity contribution is 5.42. The van der Waals surface area contributed by atoms with E-state index in [4.69, 9.17) is 5.73 Å². The molecule has 0 radical (unpaired) electrons. The van der Waals surface area contributed by atoms with Gasteiger partial charge in [0.15, 0.2) is 5.82 Å². The van der Waals surface area contributed by atoms with Crippen LogP contribution in [0.25, 0.3) is 0 Å². The van der Waals surface area contributed by atoms with Gasteiger partial charge in [0.1, 0.15) is 5.82 Å². The molecule has 0 spiro atoms. The molecule has 0 saturated heterocycles. The van der Waals surface area contributed by atoms with Gasteiger partial charge in [-0.15, -0.1) is 0 Å². The van der Waals surface area contributed by atoms with Crippen molar-refractivity contribution in [2.75, 3.05) is 12.8 Å². The van der Waals surface area contributed by atoms with E-state index < -0.39 is 5.82 Å². The summed E-state index contributed by atoms with van der Waals surface area (Å²) in [5.74, 6) is -0.653. The molecule has 0 saturated carbocycles. The minimum absolute atomic E-state index is 0.134. The molecule has 2 N–H and O–H groups in total. The van der Waals surface area contributed by atoms with Crippen LogP contribution in [0.15, 0.2) is 42.5 Å². The molecule has 2 nitrogen and oxygen atoms in total. The minimum atomic E-state index is -0.403. The van der Waals surface area contributed by atoms with Crippen molar-refractivity contribution in [1.82, 2.24) is 4.90 Å². The largest absolute Gasteiger partial charge is 0.396 e. The number of hydrogen-bond acceptors (Lipinski definition) is 2. The van der Waals surface area contributed by atoms with E-state index in [0.29, 0.717) is 17.7 Å². The Morgan fingerprint density at radius 3 is 2.50 bits per heavy atom. The lowest BCUT2D eigenvalue weighted by molar-refractivity contribution is 0.245. The van der Waals surface area contributed by atoms with Gasteiger partial charge in [-0.3, -0.25) is 4.90 Å². The van der Waals surface area contributed by atoms with Crippen LogP contribution in [0.4, 0.5) is 14.5 Å². The molecule has 0 fully saturated rings. The fourth-order valence-electron chi connectivity index (χ4n) is 2.18. The molecule has 0 aromatic heterocycles. The molecule has 0 aliphatic rings. The fourth-order valence-corrected chi connectivity index (χ4v) is 2.18. The van der Waals surface area contributed by atoms with Gasteiger partial charge in [-0.1, -0.05) is 30.3 Å². The maximum atomic E-state index is 13.9. The van der Waals surface area contributed by atoms with E-state index >= 15 is 0 Å². The summed E-state index contributed by atoms with van der Waals surface area (Å²) in [6.07, 6.45) is 0. The molecule has 20 heavy (non-hydrogen) atoms. The third-order valence-electron chi connectivity index (χ3n) is 3.54. The molecule has 2 aromatic carbocycles. The topological polar surface area (TPSA) is 29.3 Å². The van der Waals surface area contributed by atoms with Crippen molar-refractivity contribution in [3.63, 3.8) is 0 Å². The minimum Gasteiger partial charge on any atom is -0.396 e. The molecule has 4 heteroatoms. The maximum Gasteiger partial charge on any atom is 0.150 e. The fraction of sp³-hybridized carbons (Fsp3) is 0.250. The van der Waals surface area contributed by atoms with Gasteiger partial charge in [0.25, 0.3) is 0 Å². The summed E-state index contributed by atoms with van der Waals surface area (Å²) in [5.41, 5.74) is 6.79. The Balaban J connectivity index is 2.18. The zero-order chi connectivity index (χ0) is 14.7. The molecule has 1 unspecified atom stereocenters. The average molecular weight is 276 g/mol. The van der Waals surface area contributed by atoms with E-state index in [2.05, 4.69) is 0 Å². The molecule has 0 amide bonds. The standard InChI is InChI=1S/C16H18F2N2/c1-11(13-7-3-4-8-14(13)17)20(2)10-12-6-5-9-15(19)16(12)18/h3-9,11H,10,19H2,1-2H3. The average Bonchev–Trinajstić information content (AvgIpc) is 2.43. The van der Waals surface area contributed by atoms with Crippen molar-refractivity contribution in [1.29, 1.82) is 0 Å². The molecule has 0 aliphatic heterocycles. The monoisotopic (exact) mass is 276 g/mol. The third-order valence-corrected chi connectivity index (χ3v) is 3.54. The first kappa shape index (κ1) is 14.5. The van der Waals surface area contributed by atoms with Crippen LogP contribution in [-0.2, 0) is 6.54 Å². The number of anilines is 1. The first-order valence-corrected chi connectivity index (χ1v) is 6.48. The Kier molecular flexibility index (Phi) is 4.35. The molecule has 2 rings (SSSR count). The Labute approximate surface area is 117 Å². The van der Waals surface area contributed by atoms with Crippen molar-refractivity contribution < 1.29 is 8.78 Å². The van der Waals surface area contributed by atoms with E-state index in [9.17, 15) is 8.78 Å². The molecular formula is C16H18F2N2. The van der Waals surface area contributed by atoms with Crippen LogP contribution < -0.4 is 5.73 Å². The number of halogens is 2. The maximum absolute atomic E-state index is 13.9. The van der Waals surface area contributed by atoms with Crippen molar-refractivity contribution in [3.05, 3.63) is 65.2 Å². The molecule has 1 atom stereocenters. The lowest BCUT2D eigenvalue weighted by Crippen LogP contribution is -2.23. The summed E-state index contributed by atoms with van der Waals surface area (Å²) in [7, 11) is 1.83. The smallest absolute Gasteiger partial charge is 0.150 e. The van der Waals surface area contributed by atoms with Crippen molar-refractivity contribution in [2.24, 2.45) is 0 Å². The van der Waals surface area contributed by atoms with E-state index in [1.54, 1.807) is 30.3 Å². The zero-order valence-electron chi connectivity index (χ0n) is 11.6. The summed E-state index contributed by atoms with van der Waals surface area (Å²) >= 11 is 0. The first-order chi connectivity index (χ1) is 9.50. The summed E-state index contributed by atoms with van der Waals surface area (Å²) in [6, 6.07) is 11.4. The number of benzene rings is 2. The van der Waals surface area contributed by atoms with Gasteiger partial charge in [0.2, 0.25) is 0 Å². The second kappa shape index (κ2) is 6.01. The Morgan fingerprint density at radius 2 is 1.80 bits per heavy atom. The number of nitrogen functional groups attached to an aromatic ring is 1. The van der Waals surface area contributed by atoms with Crippen molar-refractivity contribution in [2.45, 2.75) is 19.5 Å². The van der Waals surface area contributed by atoms with Gasteiger partial charge in [0, 0.05) is 23.7 Å². The molecule has 106 valence electrons. The predicted octanol–water partition coefficient (Wildman–Crippen LogP) is 3.74. The quantitative estimate of drug-likeness (QED) is 0.862. The molecule has 2 aromatic rings. The summed E-state index contributed by atoms with van der Waals surface area (Å²) in [5, 5.41) is 0. The summed E-state index contributed by atoms with van der Waals surface area (Å²) < 4.78 is 27.6. The lowest BCUT2D eigenvalue weighted by Gasteiger charge is -2.25. The molecule has 0 heterocycles. The normalized spacial score (nSPS) is 12.7. The van der Waals surface area contributed by atoms with E-state index in [1.807, 2.05) is 18.9 Å². The molecular weight excluding hydrogens is 258 g/mol. The Bertz CT molecular complexity index is 599. The van der Waals surface area contributed by atoms with Crippen LogP contribution in [0.1, 0.15) is 24.1 Å². The van der Waals surface area contributed by atoms with Crippen LogP contribution in [0, 0.1) is 11.6 Å². The van der Waals surface area contributed by atoms with Gasteiger partial charge in [-0.2, -0.15) is 0 Å². The molecule has 0 aliphatic carbocycles. The van der Waals surface area contributed by atoms with Gasteiger partial charge < -0.3 is 5.73 Å². The predicted molar refractivity (Wildman–Crippen MR) is 77.1 cm³/mol. The highest BCUT2D eigenvalue weighted by Crippen LogP contribution is 2.24. The van der Waals surface area contributed by atoms with Gasteiger partial charge in [0.05, 0.1) is 5.69 Å². The van der Waals surface area contributed by atoms with Crippen molar-refractivity contribution >= 4 is 5.69 Å². The SMILES string of the molecule is CC(c1ccccc1F)N(C)Cc1cccc(N)c1F. The van der Waals surface area contributed by atoms with Crippen LogP contribution in [-0.4, -0.2) is 11.9 Å². The second-order valence-corrected chi connectivity index (χ2v) is 4.93. The van der Waals surface area contributed by atoms with Gasteiger partial charge in [-0.05, 0) is 26.1 Å². The number of hydrogen-bond donors (Lipinski definition) is 1. The highest BCUT2D eigenvalue weighted by Gasteiger charge is 2.17. The van der Waals surface area contributed by atoms with Crippen LogP contribution in [0.2, 0.25) is 0 Å². The number of nitrogens with two attached hydrogens (primary N) is 1. The number of rotatable bonds is 4. The Hall–Kier alpha value is -1.94. The van der Waals surface area contributed by atoms with Crippen LogP contribution in [0.3, 0.4) is 0 Å². The number of nitrogens with zero attached hydrogens (tertiary/aromatic N) is 1. The van der Waals surface area contributed by atoms with Crippen LogP contribution >= 0.6 is 0 Å². The van der Waals surface area contributed by atoms with E-state index in [0.717, 1.165) is 0 Å². The highest BCUT2D eigenvalue weighted by atomic mass is 19.1.